The summed E-state index contributed by atoms with van der Waals surface area (Å²) in [5, 5.41) is 5.47. The Labute approximate surface area is 140 Å². The molecule has 5 nitrogen and oxygen atoms in total. The summed E-state index contributed by atoms with van der Waals surface area (Å²) in [4.78, 5) is 24.9. The first-order valence-electron chi connectivity index (χ1n) is 7.05. The highest BCUT2D eigenvalue weighted by atomic mass is 32.2. The van der Waals surface area contributed by atoms with Gasteiger partial charge >= 0.3 is 0 Å². The van der Waals surface area contributed by atoms with E-state index < -0.39 is 0 Å². The molecule has 1 aromatic rings. The number of nitrogens with one attached hydrogen (secondary N) is 2. The van der Waals surface area contributed by atoms with Crippen LogP contribution in [0.1, 0.15) is 20.8 Å². The van der Waals surface area contributed by atoms with Crippen molar-refractivity contribution in [3.05, 3.63) is 24.3 Å². The molecule has 2 amide bonds. The summed E-state index contributed by atoms with van der Waals surface area (Å²) in [6.07, 6.45) is 0. The predicted molar refractivity (Wildman–Crippen MR) is 97.4 cm³/mol. The van der Waals surface area contributed by atoms with Gasteiger partial charge in [-0.2, -0.15) is 0 Å². The highest BCUT2D eigenvalue weighted by molar-refractivity contribution is 8.23. The van der Waals surface area contributed by atoms with Gasteiger partial charge in [0.2, 0.25) is 11.8 Å². The van der Waals surface area contributed by atoms with Crippen LogP contribution < -0.4 is 10.6 Å². The molecule has 0 aliphatic rings. The van der Waals surface area contributed by atoms with Crippen molar-refractivity contribution in [3.8, 4) is 0 Å². The van der Waals surface area contributed by atoms with E-state index in [0.717, 1.165) is 17.4 Å². The van der Waals surface area contributed by atoms with Crippen LogP contribution in [-0.2, 0) is 9.59 Å². The summed E-state index contributed by atoms with van der Waals surface area (Å²) in [6.45, 7) is 7.20. The SMILES string of the molecule is CCN(CC)C(=S)SCC(=O)Nc1ccc(NC(C)=O)cc1. The van der Waals surface area contributed by atoms with Crippen LogP contribution in [0.3, 0.4) is 0 Å². The summed E-state index contributed by atoms with van der Waals surface area (Å²) < 4.78 is 0.737. The summed E-state index contributed by atoms with van der Waals surface area (Å²) >= 11 is 6.64. The van der Waals surface area contributed by atoms with Crippen LogP contribution in [0.2, 0.25) is 0 Å². The molecule has 0 unspecified atom stereocenters. The van der Waals surface area contributed by atoms with Crippen LogP contribution in [0.5, 0.6) is 0 Å². The van der Waals surface area contributed by atoms with Crippen molar-refractivity contribution >= 4 is 51.5 Å². The smallest absolute Gasteiger partial charge is 0.234 e. The molecule has 7 heteroatoms. The summed E-state index contributed by atoms with van der Waals surface area (Å²) in [5.74, 6) is 0.0489. The molecule has 0 aromatic heterocycles. The van der Waals surface area contributed by atoms with Gasteiger partial charge in [0.15, 0.2) is 0 Å². The molecule has 0 spiro atoms. The van der Waals surface area contributed by atoms with Crippen molar-refractivity contribution in [2.45, 2.75) is 20.8 Å². The molecule has 0 saturated carbocycles. The normalized spacial score (nSPS) is 9.95. The molecule has 0 saturated heterocycles. The number of carbonyl (C=O) groups is 2. The molecule has 120 valence electrons. The number of amides is 2. The van der Waals surface area contributed by atoms with Gasteiger partial charge in [-0.05, 0) is 38.1 Å². The lowest BCUT2D eigenvalue weighted by atomic mass is 10.3. The van der Waals surface area contributed by atoms with Gasteiger partial charge < -0.3 is 15.5 Å². The highest BCUT2D eigenvalue weighted by Gasteiger charge is 2.09. The van der Waals surface area contributed by atoms with Crippen molar-refractivity contribution in [3.63, 3.8) is 0 Å². The Balaban J connectivity index is 2.45. The van der Waals surface area contributed by atoms with E-state index in [9.17, 15) is 9.59 Å². The zero-order valence-corrected chi connectivity index (χ0v) is 14.6. The van der Waals surface area contributed by atoms with Crippen LogP contribution in [-0.4, -0.2) is 39.9 Å². The van der Waals surface area contributed by atoms with E-state index in [1.807, 2.05) is 18.7 Å². The molecule has 2 N–H and O–H groups in total. The zero-order chi connectivity index (χ0) is 16.5. The molecule has 0 atom stereocenters. The van der Waals surface area contributed by atoms with Crippen LogP contribution >= 0.6 is 24.0 Å². The van der Waals surface area contributed by atoms with E-state index in [-0.39, 0.29) is 17.6 Å². The fraction of sp³-hybridized carbons (Fsp3) is 0.400. The van der Waals surface area contributed by atoms with Crippen LogP contribution in [0.4, 0.5) is 11.4 Å². The molecule has 0 aliphatic carbocycles. The lowest BCUT2D eigenvalue weighted by Crippen LogP contribution is -2.28. The minimum Gasteiger partial charge on any atom is -0.358 e. The third-order valence-electron chi connectivity index (χ3n) is 2.84. The second-order valence-electron chi connectivity index (χ2n) is 4.53. The average molecular weight is 339 g/mol. The molecule has 0 heterocycles. The quantitative estimate of drug-likeness (QED) is 0.780. The topological polar surface area (TPSA) is 61.4 Å². The minimum atomic E-state index is -0.127. The zero-order valence-electron chi connectivity index (χ0n) is 13.0. The van der Waals surface area contributed by atoms with Gasteiger partial charge in [0.25, 0.3) is 0 Å². The number of anilines is 2. The molecule has 1 aromatic carbocycles. The second kappa shape index (κ2) is 9.42. The first kappa shape index (κ1) is 18.4. The third kappa shape index (κ3) is 6.44. The fourth-order valence-corrected chi connectivity index (χ4v) is 2.94. The van der Waals surface area contributed by atoms with Gasteiger partial charge in [-0.3, -0.25) is 9.59 Å². The summed E-state index contributed by atoms with van der Waals surface area (Å²) in [5.41, 5.74) is 1.39. The van der Waals surface area contributed by atoms with E-state index in [0.29, 0.717) is 11.4 Å². The monoisotopic (exact) mass is 339 g/mol. The van der Waals surface area contributed by atoms with E-state index in [2.05, 4.69) is 10.6 Å². The Hall–Kier alpha value is -1.60. The van der Waals surface area contributed by atoms with E-state index >= 15 is 0 Å². The first-order valence-corrected chi connectivity index (χ1v) is 8.44. The molecule has 0 radical (unpaired) electrons. The second-order valence-corrected chi connectivity index (χ2v) is 6.14. The van der Waals surface area contributed by atoms with Gasteiger partial charge in [-0.15, -0.1) is 0 Å². The predicted octanol–water partition coefficient (Wildman–Crippen LogP) is 2.94. The number of rotatable bonds is 6. The fourth-order valence-electron chi connectivity index (χ4n) is 1.74. The van der Waals surface area contributed by atoms with Crippen LogP contribution in [0, 0.1) is 0 Å². The number of hydrogen-bond donors (Lipinski definition) is 2. The number of hydrogen-bond acceptors (Lipinski definition) is 4. The van der Waals surface area contributed by atoms with E-state index in [4.69, 9.17) is 12.2 Å². The summed E-state index contributed by atoms with van der Waals surface area (Å²) in [7, 11) is 0. The average Bonchev–Trinajstić information content (AvgIpc) is 2.48. The van der Waals surface area contributed by atoms with Gasteiger partial charge in [0, 0.05) is 31.4 Å². The molecule has 0 aliphatic heterocycles. The molecule has 0 bridgehead atoms. The Morgan fingerprint density at radius 1 is 1.09 bits per heavy atom. The van der Waals surface area contributed by atoms with Crippen molar-refractivity contribution in [1.29, 1.82) is 0 Å². The number of carbonyl (C=O) groups excluding carboxylic acids is 2. The first-order chi connectivity index (χ1) is 10.5. The van der Waals surface area contributed by atoms with E-state index in [1.165, 1.54) is 18.7 Å². The molecule has 22 heavy (non-hydrogen) atoms. The summed E-state index contributed by atoms with van der Waals surface area (Å²) in [6, 6.07) is 6.97. The van der Waals surface area contributed by atoms with Crippen LogP contribution in [0.25, 0.3) is 0 Å². The Kier molecular flexibility index (Phi) is 7.90. The Morgan fingerprint density at radius 3 is 2.05 bits per heavy atom. The number of benzene rings is 1. The van der Waals surface area contributed by atoms with Gasteiger partial charge in [-0.1, -0.05) is 24.0 Å². The maximum atomic E-state index is 11.9. The van der Waals surface area contributed by atoms with Gasteiger partial charge in [0.05, 0.1) is 5.75 Å². The van der Waals surface area contributed by atoms with E-state index in [1.54, 1.807) is 24.3 Å². The largest absolute Gasteiger partial charge is 0.358 e. The third-order valence-corrected chi connectivity index (χ3v) is 4.36. The maximum absolute atomic E-state index is 11.9. The lowest BCUT2D eigenvalue weighted by molar-refractivity contribution is -0.114. The lowest BCUT2D eigenvalue weighted by Gasteiger charge is -2.20. The number of nitrogens with zero attached hydrogens (tertiary/aromatic N) is 1. The Bertz CT molecular complexity index is 528. The molecule has 0 fully saturated rings. The van der Waals surface area contributed by atoms with Crippen molar-refractivity contribution < 1.29 is 9.59 Å². The van der Waals surface area contributed by atoms with Crippen molar-refractivity contribution in [2.24, 2.45) is 0 Å². The van der Waals surface area contributed by atoms with Gasteiger partial charge in [0.1, 0.15) is 4.32 Å². The Morgan fingerprint density at radius 2 is 1.59 bits per heavy atom. The molecular formula is C15H21N3O2S2. The standard InChI is InChI=1S/C15H21N3O2S2/c1-4-18(5-2)15(21)22-10-14(20)17-13-8-6-12(7-9-13)16-11(3)19/h6-9H,4-5,10H2,1-3H3,(H,16,19)(H,17,20). The number of thiocarbonyl (C=S) groups is 1. The van der Waals surface area contributed by atoms with Crippen molar-refractivity contribution in [1.82, 2.24) is 4.90 Å². The maximum Gasteiger partial charge on any atom is 0.234 e. The van der Waals surface area contributed by atoms with Crippen molar-refractivity contribution in [2.75, 3.05) is 29.5 Å². The molecular weight excluding hydrogens is 318 g/mol. The van der Waals surface area contributed by atoms with Gasteiger partial charge in [-0.25, -0.2) is 0 Å². The number of thioether (sulfide) groups is 1. The highest BCUT2D eigenvalue weighted by Crippen LogP contribution is 2.15. The molecule has 1 rings (SSSR count). The van der Waals surface area contributed by atoms with Crippen LogP contribution in [0.15, 0.2) is 24.3 Å². The minimum absolute atomic E-state index is 0.105.